The minimum atomic E-state index is 0.0631. The Bertz CT molecular complexity index is 381. The van der Waals surface area contributed by atoms with Crippen molar-refractivity contribution >= 4 is 0 Å². The Morgan fingerprint density at radius 3 is 2.88 bits per heavy atom. The van der Waals surface area contributed by atoms with E-state index in [1.807, 2.05) is 24.0 Å². The molecule has 1 aliphatic rings. The van der Waals surface area contributed by atoms with Gasteiger partial charge in [-0.25, -0.2) is 10.4 Å². The summed E-state index contributed by atoms with van der Waals surface area (Å²) in [6.45, 7) is 0. The highest BCUT2D eigenvalue weighted by atomic mass is 15.3. The number of hydrogen-bond donors (Lipinski definition) is 2. The Morgan fingerprint density at radius 2 is 2.18 bits per heavy atom. The Kier molecular flexibility index (Phi) is 4.34. The molecule has 1 aliphatic carbocycles. The smallest absolute Gasteiger partial charge is 0.131 e. The highest BCUT2D eigenvalue weighted by molar-refractivity contribution is 5.18. The van der Waals surface area contributed by atoms with Crippen LogP contribution in [0.2, 0.25) is 0 Å². The molecule has 2 rings (SSSR count). The van der Waals surface area contributed by atoms with Crippen molar-refractivity contribution in [3.05, 3.63) is 29.9 Å². The molecule has 0 saturated heterocycles. The van der Waals surface area contributed by atoms with Gasteiger partial charge >= 0.3 is 0 Å². The first-order valence-corrected chi connectivity index (χ1v) is 6.45. The molecule has 4 heteroatoms. The lowest BCUT2D eigenvalue weighted by Crippen LogP contribution is -2.31. The molecule has 1 aromatic heterocycles. The summed E-state index contributed by atoms with van der Waals surface area (Å²) in [4.78, 5) is 4.40. The number of allylic oxidation sites excluding steroid dienone is 1. The maximum atomic E-state index is 5.71. The van der Waals surface area contributed by atoms with Gasteiger partial charge in [-0.2, -0.15) is 0 Å². The van der Waals surface area contributed by atoms with Gasteiger partial charge in [-0.05, 0) is 31.3 Å². The van der Waals surface area contributed by atoms with Gasteiger partial charge < -0.3 is 4.57 Å². The molecule has 1 aromatic rings. The minimum Gasteiger partial charge on any atom is -0.336 e. The molecule has 94 valence electrons. The summed E-state index contributed by atoms with van der Waals surface area (Å²) in [7, 11) is 2.01. The van der Waals surface area contributed by atoms with Crippen LogP contribution in [-0.4, -0.2) is 9.55 Å². The van der Waals surface area contributed by atoms with Crippen LogP contribution in [0.25, 0.3) is 0 Å². The van der Waals surface area contributed by atoms with Crippen LogP contribution in [0.3, 0.4) is 0 Å². The fraction of sp³-hybridized carbons (Fsp3) is 0.615. The van der Waals surface area contributed by atoms with Gasteiger partial charge in [-0.15, -0.1) is 0 Å². The fourth-order valence-corrected chi connectivity index (χ4v) is 2.48. The molecule has 0 radical (unpaired) electrons. The molecule has 0 amide bonds. The minimum absolute atomic E-state index is 0.0631. The van der Waals surface area contributed by atoms with E-state index in [0.29, 0.717) is 0 Å². The van der Waals surface area contributed by atoms with Crippen molar-refractivity contribution in [2.75, 3.05) is 0 Å². The van der Waals surface area contributed by atoms with E-state index in [1.165, 1.54) is 31.3 Å². The van der Waals surface area contributed by atoms with E-state index >= 15 is 0 Å². The Morgan fingerprint density at radius 1 is 1.35 bits per heavy atom. The van der Waals surface area contributed by atoms with Crippen LogP contribution < -0.4 is 11.3 Å². The molecule has 0 bridgehead atoms. The number of rotatable bonds is 3. The van der Waals surface area contributed by atoms with Crippen molar-refractivity contribution in [2.24, 2.45) is 12.9 Å². The monoisotopic (exact) mass is 234 g/mol. The maximum absolute atomic E-state index is 5.71. The quantitative estimate of drug-likeness (QED) is 0.479. The predicted octanol–water partition coefficient (Wildman–Crippen LogP) is 2.21. The zero-order valence-corrected chi connectivity index (χ0v) is 10.5. The summed E-state index contributed by atoms with van der Waals surface area (Å²) in [6, 6.07) is 0.0631. The van der Waals surface area contributed by atoms with Gasteiger partial charge in [0.15, 0.2) is 0 Å². The highest BCUT2D eigenvalue weighted by Gasteiger charge is 2.19. The van der Waals surface area contributed by atoms with Crippen LogP contribution >= 0.6 is 0 Å². The standard InChI is InChI=1S/C13H22N4/c1-17-10-9-15-13(17)12(16-14)11-7-5-3-2-4-6-8-11/h7,9-10,12,16H,2-6,8,14H2,1H3/b11-7+. The first-order chi connectivity index (χ1) is 8.33. The number of nitrogens with one attached hydrogen (secondary N) is 1. The van der Waals surface area contributed by atoms with Gasteiger partial charge in [0, 0.05) is 19.4 Å². The number of aromatic nitrogens is 2. The third-order valence-corrected chi connectivity index (χ3v) is 3.48. The van der Waals surface area contributed by atoms with Crippen molar-refractivity contribution in [3.8, 4) is 0 Å². The lowest BCUT2D eigenvalue weighted by Gasteiger charge is -2.21. The molecule has 1 unspecified atom stereocenters. The first kappa shape index (κ1) is 12.3. The van der Waals surface area contributed by atoms with Gasteiger partial charge in [0.25, 0.3) is 0 Å². The van der Waals surface area contributed by atoms with Crippen LogP contribution in [0, 0.1) is 0 Å². The van der Waals surface area contributed by atoms with Crippen molar-refractivity contribution < 1.29 is 0 Å². The van der Waals surface area contributed by atoms with E-state index in [1.54, 1.807) is 0 Å². The Labute approximate surface area is 103 Å². The summed E-state index contributed by atoms with van der Waals surface area (Å²) in [5, 5.41) is 0. The molecule has 0 saturated carbocycles. The fourth-order valence-electron chi connectivity index (χ4n) is 2.48. The Balaban J connectivity index is 2.19. The maximum Gasteiger partial charge on any atom is 0.131 e. The van der Waals surface area contributed by atoms with Gasteiger partial charge in [0.2, 0.25) is 0 Å². The van der Waals surface area contributed by atoms with E-state index in [-0.39, 0.29) is 6.04 Å². The van der Waals surface area contributed by atoms with Crippen molar-refractivity contribution in [2.45, 2.75) is 44.6 Å². The topological polar surface area (TPSA) is 55.9 Å². The highest BCUT2D eigenvalue weighted by Crippen LogP contribution is 2.27. The number of nitrogens with two attached hydrogens (primary N) is 1. The lowest BCUT2D eigenvalue weighted by atomic mass is 9.95. The average molecular weight is 234 g/mol. The molecule has 0 aliphatic heterocycles. The summed E-state index contributed by atoms with van der Waals surface area (Å²) in [5.74, 6) is 6.71. The molecule has 17 heavy (non-hydrogen) atoms. The SMILES string of the molecule is Cn1ccnc1C(NN)/C1=C/CCCCCC1. The second-order valence-electron chi connectivity index (χ2n) is 4.73. The van der Waals surface area contributed by atoms with Crippen LogP contribution in [0.5, 0.6) is 0 Å². The summed E-state index contributed by atoms with van der Waals surface area (Å²) < 4.78 is 2.03. The number of imidazole rings is 1. The summed E-state index contributed by atoms with van der Waals surface area (Å²) >= 11 is 0. The lowest BCUT2D eigenvalue weighted by molar-refractivity contribution is 0.526. The van der Waals surface area contributed by atoms with E-state index in [0.717, 1.165) is 18.7 Å². The zero-order valence-electron chi connectivity index (χ0n) is 10.5. The summed E-state index contributed by atoms with van der Waals surface area (Å²) in [5.41, 5.74) is 4.30. The van der Waals surface area contributed by atoms with Crippen LogP contribution in [0.1, 0.15) is 50.4 Å². The summed E-state index contributed by atoms with van der Waals surface area (Å²) in [6.07, 6.45) is 13.7. The normalized spacial score (nSPS) is 22.4. The van der Waals surface area contributed by atoms with E-state index < -0.39 is 0 Å². The zero-order chi connectivity index (χ0) is 12.1. The Hall–Kier alpha value is -1.13. The second-order valence-corrected chi connectivity index (χ2v) is 4.73. The third-order valence-electron chi connectivity index (χ3n) is 3.48. The van der Waals surface area contributed by atoms with Crippen molar-refractivity contribution in [3.63, 3.8) is 0 Å². The van der Waals surface area contributed by atoms with Crippen molar-refractivity contribution in [1.29, 1.82) is 0 Å². The number of aryl methyl sites for hydroxylation is 1. The molecular formula is C13H22N4. The second kappa shape index (κ2) is 5.98. The number of hydrazine groups is 1. The molecule has 0 aromatic carbocycles. The molecular weight excluding hydrogens is 212 g/mol. The van der Waals surface area contributed by atoms with Gasteiger partial charge in [-0.1, -0.05) is 18.9 Å². The van der Waals surface area contributed by atoms with Crippen molar-refractivity contribution in [1.82, 2.24) is 15.0 Å². The van der Waals surface area contributed by atoms with E-state index in [2.05, 4.69) is 16.5 Å². The van der Waals surface area contributed by atoms with E-state index in [9.17, 15) is 0 Å². The van der Waals surface area contributed by atoms with Crippen LogP contribution in [0.15, 0.2) is 24.0 Å². The number of nitrogens with zero attached hydrogens (tertiary/aromatic N) is 2. The average Bonchev–Trinajstić information content (AvgIpc) is 2.69. The van der Waals surface area contributed by atoms with Gasteiger partial charge in [0.1, 0.15) is 11.9 Å². The van der Waals surface area contributed by atoms with Gasteiger partial charge in [0.05, 0.1) is 0 Å². The first-order valence-electron chi connectivity index (χ1n) is 6.45. The predicted molar refractivity (Wildman–Crippen MR) is 69.1 cm³/mol. The molecule has 1 heterocycles. The molecule has 3 N–H and O–H groups in total. The third kappa shape index (κ3) is 2.96. The van der Waals surface area contributed by atoms with Gasteiger partial charge in [-0.3, -0.25) is 5.84 Å². The van der Waals surface area contributed by atoms with Crippen LogP contribution in [0.4, 0.5) is 0 Å². The molecule has 1 atom stereocenters. The molecule has 0 fully saturated rings. The molecule has 4 nitrogen and oxygen atoms in total. The number of hydrogen-bond acceptors (Lipinski definition) is 3. The van der Waals surface area contributed by atoms with Crippen LogP contribution in [-0.2, 0) is 7.05 Å². The molecule has 0 spiro atoms. The largest absolute Gasteiger partial charge is 0.336 e. The van der Waals surface area contributed by atoms with E-state index in [4.69, 9.17) is 5.84 Å².